The molecule has 92 valence electrons. The maximum atomic E-state index is 10.7. The maximum absolute atomic E-state index is 10.7. The summed E-state index contributed by atoms with van der Waals surface area (Å²) in [5.74, 6) is 0.857. The van der Waals surface area contributed by atoms with Crippen molar-refractivity contribution in [1.29, 1.82) is 0 Å². The van der Waals surface area contributed by atoms with Gasteiger partial charge in [0.25, 0.3) is 0 Å². The van der Waals surface area contributed by atoms with Crippen molar-refractivity contribution in [3.63, 3.8) is 0 Å². The largest absolute Gasteiger partial charge is 0.310 e. The summed E-state index contributed by atoms with van der Waals surface area (Å²) in [5.41, 5.74) is 0. The normalized spacial score (nSPS) is 11.9. The molecule has 0 atom stereocenters. The minimum Gasteiger partial charge on any atom is -0.310 e. The van der Waals surface area contributed by atoms with E-state index in [2.05, 4.69) is 20.1 Å². The quantitative estimate of drug-likeness (QED) is 0.594. The fourth-order valence-corrected chi connectivity index (χ4v) is 1.67. The van der Waals surface area contributed by atoms with Gasteiger partial charge in [0.15, 0.2) is 0 Å². The van der Waals surface area contributed by atoms with Crippen LogP contribution in [-0.4, -0.2) is 42.5 Å². The average Bonchev–Trinajstić information content (AvgIpc) is 2.56. The Labute approximate surface area is 95.3 Å². The highest BCUT2D eigenvalue weighted by Gasteiger charge is 2.00. The molecule has 0 saturated heterocycles. The molecule has 0 bridgehead atoms. The van der Waals surface area contributed by atoms with Crippen molar-refractivity contribution in [2.24, 2.45) is 7.05 Å². The number of aromatic nitrogens is 3. The van der Waals surface area contributed by atoms with E-state index in [0.717, 1.165) is 25.0 Å². The van der Waals surface area contributed by atoms with E-state index in [1.54, 1.807) is 4.68 Å². The van der Waals surface area contributed by atoms with Crippen LogP contribution in [0.2, 0.25) is 0 Å². The van der Waals surface area contributed by atoms with Gasteiger partial charge in [-0.25, -0.2) is 18.1 Å². The predicted molar refractivity (Wildman–Crippen MR) is 60.2 cm³/mol. The number of nitrogens with one attached hydrogen (secondary N) is 2. The Morgan fingerprint density at radius 3 is 2.75 bits per heavy atom. The van der Waals surface area contributed by atoms with Gasteiger partial charge in [0.05, 0.1) is 12.8 Å². The van der Waals surface area contributed by atoms with E-state index >= 15 is 0 Å². The minimum atomic E-state index is -3.07. The second kappa shape index (κ2) is 5.92. The van der Waals surface area contributed by atoms with Gasteiger partial charge in [-0.05, 0) is 13.0 Å². The SMILES string of the molecule is Cn1ncnc1CNCCCNS(C)(=O)=O. The molecule has 0 unspecified atom stereocenters. The highest BCUT2D eigenvalue weighted by Crippen LogP contribution is 1.89. The lowest BCUT2D eigenvalue weighted by Crippen LogP contribution is -2.26. The van der Waals surface area contributed by atoms with Crippen molar-refractivity contribution in [3.05, 3.63) is 12.2 Å². The Morgan fingerprint density at radius 1 is 1.44 bits per heavy atom. The third-order valence-corrected chi connectivity index (χ3v) is 2.71. The number of hydrogen-bond acceptors (Lipinski definition) is 5. The summed E-state index contributed by atoms with van der Waals surface area (Å²) in [5, 5.41) is 7.09. The van der Waals surface area contributed by atoms with Crippen molar-refractivity contribution >= 4 is 10.0 Å². The maximum Gasteiger partial charge on any atom is 0.208 e. The Bertz CT molecular complexity index is 414. The number of sulfonamides is 1. The molecule has 0 aliphatic rings. The molecule has 8 heteroatoms. The van der Waals surface area contributed by atoms with Crippen LogP contribution < -0.4 is 10.0 Å². The second-order valence-electron chi connectivity index (χ2n) is 3.50. The molecule has 0 aliphatic carbocycles. The fourth-order valence-electron chi connectivity index (χ4n) is 1.15. The van der Waals surface area contributed by atoms with Gasteiger partial charge in [0.2, 0.25) is 10.0 Å². The third-order valence-electron chi connectivity index (χ3n) is 1.98. The highest BCUT2D eigenvalue weighted by molar-refractivity contribution is 7.88. The summed E-state index contributed by atoms with van der Waals surface area (Å²) in [4.78, 5) is 4.05. The molecule has 1 aromatic heterocycles. The van der Waals surface area contributed by atoms with Gasteiger partial charge in [0.1, 0.15) is 12.2 Å². The van der Waals surface area contributed by atoms with E-state index in [1.807, 2.05) is 7.05 Å². The van der Waals surface area contributed by atoms with E-state index in [1.165, 1.54) is 6.33 Å². The van der Waals surface area contributed by atoms with Gasteiger partial charge in [-0.2, -0.15) is 5.10 Å². The Morgan fingerprint density at radius 2 is 2.19 bits per heavy atom. The van der Waals surface area contributed by atoms with Gasteiger partial charge in [-0.15, -0.1) is 0 Å². The zero-order valence-corrected chi connectivity index (χ0v) is 10.3. The lowest BCUT2D eigenvalue weighted by Gasteiger charge is -2.04. The van der Waals surface area contributed by atoms with Crippen molar-refractivity contribution in [1.82, 2.24) is 24.8 Å². The van der Waals surface area contributed by atoms with Crippen LogP contribution in [0.1, 0.15) is 12.2 Å². The molecular formula is C8H17N5O2S. The molecule has 0 amide bonds. The molecule has 0 aliphatic heterocycles. The van der Waals surface area contributed by atoms with Gasteiger partial charge in [-0.1, -0.05) is 0 Å². The fraction of sp³-hybridized carbons (Fsp3) is 0.750. The van der Waals surface area contributed by atoms with E-state index in [4.69, 9.17) is 0 Å². The summed E-state index contributed by atoms with van der Waals surface area (Å²) in [6.07, 6.45) is 3.40. The second-order valence-corrected chi connectivity index (χ2v) is 5.33. The van der Waals surface area contributed by atoms with Crippen LogP contribution in [0.15, 0.2) is 6.33 Å². The van der Waals surface area contributed by atoms with Gasteiger partial charge in [0, 0.05) is 13.6 Å². The molecule has 0 radical (unpaired) electrons. The van der Waals surface area contributed by atoms with Gasteiger partial charge >= 0.3 is 0 Å². The smallest absolute Gasteiger partial charge is 0.208 e. The van der Waals surface area contributed by atoms with E-state index < -0.39 is 10.0 Å². The predicted octanol–water partition coefficient (Wildman–Crippen LogP) is -1.16. The van der Waals surface area contributed by atoms with Crippen LogP contribution in [0.3, 0.4) is 0 Å². The van der Waals surface area contributed by atoms with E-state index in [9.17, 15) is 8.42 Å². The first kappa shape index (κ1) is 13.1. The van der Waals surface area contributed by atoms with Gasteiger partial charge < -0.3 is 5.32 Å². The van der Waals surface area contributed by atoms with Crippen LogP contribution in [-0.2, 0) is 23.6 Å². The Hall–Kier alpha value is -0.990. The molecule has 1 aromatic rings. The molecule has 1 rings (SSSR count). The molecule has 2 N–H and O–H groups in total. The third kappa shape index (κ3) is 5.19. The number of aryl methyl sites for hydroxylation is 1. The molecule has 16 heavy (non-hydrogen) atoms. The van der Waals surface area contributed by atoms with Crippen molar-refractivity contribution < 1.29 is 8.42 Å². The minimum absolute atomic E-state index is 0.449. The molecule has 1 heterocycles. The average molecular weight is 247 g/mol. The molecule has 0 aromatic carbocycles. The molecule has 0 fully saturated rings. The first-order chi connectivity index (χ1) is 7.49. The summed E-state index contributed by atoms with van der Waals surface area (Å²) in [6, 6.07) is 0. The van der Waals surface area contributed by atoms with Crippen LogP contribution in [0.5, 0.6) is 0 Å². The first-order valence-corrected chi connectivity index (χ1v) is 6.86. The van der Waals surface area contributed by atoms with Crippen LogP contribution in [0, 0.1) is 0 Å². The molecular weight excluding hydrogens is 230 g/mol. The zero-order valence-electron chi connectivity index (χ0n) is 9.47. The van der Waals surface area contributed by atoms with Gasteiger partial charge in [-0.3, -0.25) is 4.68 Å². The summed E-state index contributed by atoms with van der Waals surface area (Å²) >= 11 is 0. The van der Waals surface area contributed by atoms with Crippen LogP contribution >= 0.6 is 0 Å². The zero-order chi connectivity index (χ0) is 12.0. The highest BCUT2D eigenvalue weighted by atomic mass is 32.2. The lowest BCUT2D eigenvalue weighted by molar-refractivity contribution is 0.571. The molecule has 0 saturated carbocycles. The monoisotopic (exact) mass is 247 g/mol. The summed E-state index contributed by atoms with van der Waals surface area (Å²) in [7, 11) is -1.24. The Balaban J connectivity index is 2.07. The van der Waals surface area contributed by atoms with Crippen LogP contribution in [0.4, 0.5) is 0 Å². The summed E-state index contributed by atoms with van der Waals surface area (Å²) < 4.78 is 25.6. The van der Waals surface area contributed by atoms with Crippen LogP contribution in [0.25, 0.3) is 0 Å². The number of rotatable bonds is 7. The number of nitrogens with zero attached hydrogens (tertiary/aromatic N) is 3. The Kier molecular flexibility index (Phi) is 4.84. The summed E-state index contributed by atoms with van der Waals surface area (Å²) in [6.45, 7) is 1.81. The van der Waals surface area contributed by atoms with Crippen molar-refractivity contribution in [2.75, 3.05) is 19.3 Å². The van der Waals surface area contributed by atoms with E-state index in [-0.39, 0.29) is 0 Å². The molecule has 7 nitrogen and oxygen atoms in total. The lowest BCUT2D eigenvalue weighted by atomic mass is 10.4. The topological polar surface area (TPSA) is 88.9 Å². The van der Waals surface area contributed by atoms with Crippen molar-refractivity contribution in [3.8, 4) is 0 Å². The standard InChI is InChI=1S/C8H17N5O2S/c1-13-8(10-7-11-13)6-9-4-3-5-12-16(2,14)15/h7,9,12H,3-6H2,1-2H3. The molecule has 0 spiro atoms. The first-order valence-electron chi connectivity index (χ1n) is 4.97. The van der Waals surface area contributed by atoms with E-state index in [0.29, 0.717) is 13.1 Å². The van der Waals surface area contributed by atoms with Crippen molar-refractivity contribution in [2.45, 2.75) is 13.0 Å². The number of hydrogen-bond donors (Lipinski definition) is 2.